The Balaban J connectivity index is 3.71. The minimum Gasteiger partial charge on any atom is -0.505 e. The number of aliphatic imine (C=N–C) groups is 1. The van der Waals surface area contributed by atoms with E-state index >= 15 is 0 Å². The van der Waals surface area contributed by atoms with E-state index in [0.717, 1.165) is 6.20 Å². The van der Waals surface area contributed by atoms with Crippen molar-refractivity contribution in [3.63, 3.8) is 0 Å². The molecule has 0 saturated heterocycles. The standard InChI is InChI=1S/C4H6F2N2O/c5-4(6)8-2-3(9)1-7/h1-2,4,9H,7H2/b3-1+,8-2+. The molecule has 0 aromatic heterocycles. The Hall–Kier alpha value is -1.13. The van der Waals surface area contributed by atoms with E-state index in [9.17, 15) is 8.78 Å². The van der Waals surface area contributed by atoms with Crippen molar-refractivity contribution >= 4 is 6.21 Å². The van der Waals surface area contributed by atoms with Crippen LogP contribution in [0.2, 0.25) is 0 Å². The number of hydrogen-bond acceptors (Lipinski definition) is 3. The van der Waals surface area contributed by atoms with Crippen LogP contribution in [-0.2, 0) is 0 Å². The number of aliphatic hydroxyl groups excluding tert-OH is 1. The van der Waals surface area contributed by atoms with Gasteiger partial charge in [0.2, 0.25) is 0 Å². The maximum absolute atomic E-state index is 11.2. The molecule has 0 aromatic rings. The summed E-state index contributed by atoms with van der Waals surface area (Å²) >= 11 is 0. The Bertz CT molecular complexity index is 133. The molecule has 5 heteroatoms. The number of hydrogen-bond donors (Lipinski definition) is 2. The number of rotatable bonds is 2. The van der Waals surface area contributed by atoms with Crippen molar-refractivity contribution in [2.24, 2.45) is 10.7 Å². The molecule has 0 aliphatic carbocycles. The van der Waals surface area contributed by atoms with Crippen LogP contribution >= 0.6 is 0 Å². The van der Waals surface area contributed by atoms with E-state index in [1.807, 2.05) is 0 Å². The summed E-state index contributed by atoms with van der Waals surface area (Å²) in [7, 11) is 0. The van der Waals surface area contributed by atoms with Crippen molar-refractivity contribution < 1.29 is 13.9 Å². The van der Waals surface area contributed by atoms with E-state index in [0.29, 0.717) is 6.21 Å². The highest BCUT2D eigenvalue weighted by atomic mass is 19.3. The molecule has 0 heterocycles. The van der Waals surface area contributed by atoms with Crippen LogP contribution in [-0.4, -0.2) is 17.9 Å². The highest BCUT2D eigenvalue weighted by Crippen LogP contribution is 1.92. The third-order valence-corrected chi connectivity index (χ3v) is 0.490. The molecule has 0 rings (SSSR count). The molecular weight excluding hydrogens is 130 g/mol. The van der Waals surface area contributed by atoms with Crippen molar-refractivity contribution in [1.29, 1.82) is 0 Å². The van der Waals surface area contributed by atoms with Crippen molar-refractivity contribution in [3.05, 3.63) is 12.0 Å². The second-order valence-electron chi connectivity index (χ2n) is 1.15. The topological polar surface area (TPSA) is 58.6 Å². The van der Waals surface area contributed by atoms with Crippen molar-refractivity contribution in [2.75, 3.05) is 0 Å². The molecule has 0 amide bonds. The highest BCUT2D eigenvalue weighted by Gasteiger charge is 1.92. The Labute approximate surface area is 50.5 Å². The van der Waals surface area contributed by atoms with E-state index in [1.54, 1.807) is 0 Å². The largest absolute Gasteiger partial charge is 0.505 e. The lowest BCUT2D eigenvalue weighted by molar-refractivity contribution is 0.160. The lowest BCUT2D eigenvalue weighted by Crippen LogP contribution is -1.91. The first-order valence-corrected chi connectivity index (χ1v) is 2.09. The summed E-state index contributed by atoms with van der Waals surface area (Å²) in [5.41, 5.74) is 4.71. The molecule has 3 nitrogen and oxygen atoms in total. The predicted molar refractivity (Wildman–Crippen MR) is 29.4 cm³/mol. The molecule has 0 unspecified atom stereocenters. The van der Waals surface area contributed by atoms with Gasteiger partial charge in [-0.1, -0.05) is 0 Å². The quantitative estimate of drug-likeness (QED) is 0.332. The average molecular weight is 136 g/mol. The van der Waals surface area contributed by atoms with Gasteiger partial charge in [-0.2, -0.15) is 8.78 Å². The maximum atomic E-state index is 11.2. The van der Waals surface area contributed by atoms with E-state index in [4.69, 9.17) is 10.8 Å². The summed E-state index contributed by atoms with van der Waals surface area (Å²) < 4.78 is 22.3. The molecule has 0 fully saturated rings. The van der Waals surface area contributed by atoms with Crippen molar-refractivity contribution in [2.45, 2.75) is 6.55 Å². The van der Waals surface area contributed by atoms with Gasteiger partial charge >= 0.3 is 6.55 Å². The van der Waals surface area contributed by atoms with E-state index in [-0.39, 0.29) is 0 Å². The summed E-state index contributed by atoms with van der Waals surface area (Å²) in [6, 6.07) is 0. The van der Waals surface area contributed by atoms with Gasteiger partial charge in [-0.25, -0.2) is 4.99 Å². The van der Waals surface area contributed by atoms with Crippen LogP contribution in [0.3, 0.4) is 0 Å². The molecule has 0 aromatic carbocycles. The monoisotopic (exact) mass is 136 g/mol. The minimum absolute atomic E-state index is 0.477. The summed E-state index contributed by atoms with van der Waals surface area (Å²) in [5.74, 6) is -0.477. The molecule has 0 aliphatic rings. The predicted octanol–water partition coefficient (Wildman–Crippen LogP) is 0.638. The van der Waals surface area contributed by atoms with E-state index < -0.39 is 12.3 Å². The van der Waals surface area contributed by atoms with Gasteiger partial charge in [-0.3, -0.25) is 0 Å². The van der Waals surface area contributed by atoms with Crippen molar-refractivity contribution in [3.8, 4) is 0 Å². The second kappa shape index (κ2) is 3.82. The minimum atomic E-state index is -2.80. The molecule has 0 aliphatic heterocycles. The van der Waals surface area contributed by atoms with Gasteiger partial charge < -0.3 is 10.8 Å². The molecule has 0 spiro atoms. The highest BCUT2D eigenvalue weighted by molar-refractivity contribution is 5.74. The second-order valence-corrected chi connectivity index (χ2v) is 1.15. The lowest BCUT2D eigenvalue weighted by atomic mass is 10.6. The van der Waals surface area contributed by atoms with Crippen LogP contribution in [0.5, 0.6) is 0 Å². The molecule has 3 N–H and O–H groups in total. The Kier molecular flexibility index (Phi) is 3.34. The number of allylic oxidation sites excluding steroid dienone is 1. The van der Waals surface area contributed by atoms with E-state index in [2.05, 4.69) is 4.99 Å². The van der Waals surface area contributed by atoms with Crippen LogP contribution < -0.4 is 5.73 Å². The zero-order valence-electron chi connectivity index (χ0n) is 4.46. The molecular formula is C4H6F2N2O. The average Bonchev–Trinajstić information content (AvgIpc) is 1.83. The zero-order valence-corrected chi connectivity index (χ0v) is 4.46. The van der Waals surface area contributed by atoms with Gasteiger partial charge in [0.05, 0.1) is 6.21 Å². The molecule has 0 bridgehead atoms. The third kappa shape index (κ3) is 4.73. The summed E-state index contributed by atoms with van der Waals surface area (Å²) in [5, 5.41) is 8.36. The van der Waals surface area contributed by atoms with Crippen LogP contribution in [0.4, 0.5) is 8.78 Å². The third-order valence-electron chi connectivity index (χ3n) is 0.490. The summed E-state index contributed by atoms with van der Waals surface area (Å²) in [6.07, 6.45) is 1.36. The van der Waals surface area contributed by atoms with E-state index in [1.165, 1.54) is 0 Å². The number of halogens is 2. The van der Waals surface area contributed by atoms with Crippen molar-refractivity contribution in [1.82, 2.24) is 0 Å². The number of alkyl halides is 2. The van der Waals surface area contributed by atoms with Crippen LogP contribution in [0, 0.1) is 0 Å². The van der Waals surface area contributed by atoms with Gasteiger partial charge in [0.15, 0.2) is 0 Å². The van der Waals surface area contributed by atoms with Gasteiger partial charge in [-0.15, -0.1) is 0 Å². The number of aliphatic hydroxyl groups is 1. The Morgan fingerprint density at radius 1 is 1.67 bits per heavy atom. The molecule has 0 saturated carbocycles. The molecule has 52 valence electrons. The molecule has 9 heavy (non-hydrogen) atoms. The Morgan fingerprint density at radius 2 is 2.22 bits per heavy atom. The SMILES string of the molecule is N/C=C(O)\C=N\C(F)F. The van der Waals surface area contributed by atoms with Crippen LogP contribution in [0.25, 0.3) is 0 Å². The fraction of sp³-hybridized carbons (Fsp3) is 0.250. The lowest BCUT2D eigenvalue weighted by Gasteiger charge is -1.86. The fourth-order valence-corrected chi connectivity index (χ4v) is 0.176. The first-order valence-electron chi connectivity index (χ1n) is 2.09. The number of nitrogens with two attached hydrogens (primary N) is 1. The summed E-state index contributed by atoms with van der Waals surface area (Å²) in [4.78, 5) is 2.54. The Morgan fingerprint density at radius 3 is 2.56 bits per heavy atom. The van der Waals surface area contributed by atoms with Gasteiger partial charge in [0.25, 0.3) is 0 Å². The first kappa shape index (κ1) is 7.87. The van der Waals surface area contributed by atoms with Gasteiger partial charge in [0, 0.05) is 6.20 Å². The van der Waals surface area contributed by atoms with Crippen LogP contribution in [0.15, 0.2) is 17.0 Å². The summed E-state index contributed by atoms with van der Waals surface area (Å²) in [6.45, 7) is -2.80. The maximum Gasteiger partial charge on any atom is 0.331 e. The van der Waals surface area contributed by atoms with Crippen LogP contribution in [0.1, 0.15) is 0 Å². The zero-order chi connectivity index (χ0) is 7.28. The van der Waals surface area contributed by atoms with Gasteiger partial charge in [-0.05, 0) is 0 Å². The molecule has 0 radical (unpaired) electrons. The molecule has 0 atom stereocenters. The normalized spacial score (nSPS) is 13.4. The number of nitrogens with zero attached hydrogens (tertiary/aromatic N) is 1. The first-order chi connectivity index (χ1) is 4.16. The van der Waals surface area contributed by atoms with Gasteiger partial charge in [0.1, 0.15) is 5.76 Å². The smallest absolute Gasteiger partial charge is 0.331 e. The fourth-order valence-electron chi connectivity index (χ4n) is 0.176.